The lowest BCUT2D eigenvalue weighted by Crippen LogP contribution is -2.39. The molecular weight excluding hydrogens is 254 g/mol. The summed E-state index contributed by atoms with van der Waals surface area (Å²) in [5.41, 5.74) is -0.927. The molecule has 1 heterocycles. The lowest BCUT2D eigenvalue weighted by molar-refractivity contribution is -0.0355. The number of rotatable bonds is 3. The van der Waals surface area contributed by atoms with Crippen molar-refractivity contribution in [1.82, 2.24) is 10.1 Å². The van der Waals surface area contributed by atoms with Gasteiger partial charge in [-0.2, -0.15) is 13.8 Å². The molecule has 2 rings (SSSR count). The Morgan fingerprint density at radius 2 is 1.95 bits per heavy atom. The first-order valence-electron chi connectivity index (χ1n) is 6.61. The van der Waals surface area contributed by atoms with E-state index >= 15 is 0 Å². The molecule has 19 heavy (non-hydrogen) atoms. The second-order valence-electron chi connectivity index (χ2n) is 6.16. The van der Waals surface area contributed by atoms with Crippen molar-refractivity contribution in [3.8, 4) is 0 Å². The number of aromatic nitrogens is 2. The van der Waals surface area contributed by atoms with Crippen molar-refractivity contribution in [2.75, 3.05) is 0 Å². The average Bonchev–Trinajstić information content (AvgIpc) is 2.61. The van der Waals surface area contributed by atoms with Gasteiger partial charge in [0.1, 0.15) is 0 Å². The summed E-state index contributed by atoms with van der Waals surface area (Å²) in [6.07, 6.45) is 2.49. The quantitative estimate of drug-likeness (QED) is 0.920. The zero-order valence-corrected chi connectivity index (χ0v) is 11.5. The Labute approximate surface area is 111 Å². The molecule has 6 heteroatoms. The van der Waals surface area contributed by atoms with Crippen LogP contribution in [0.4, 0.5) is 8.78 Å². The van der Waals surface area contributed by atoms with Gasteiger partial charge in [-0.05, 0) is 31.1 Å². The third kappa shape index (κ3) is 3.49. The van der Waals surface area contributed by atoms with Crippen molar-refractivity contribution in [2.45, 2.75) is 58.0 Å². The van der Waals surface area contributed by atoms with E-state index in [1.807, 2.05) is 0 Å². The third-order valence-corrected chi connectivity index (χ3v) is 3.60. The van der Waals surface area contributed by atoms with Crippen molar-refractivity contribution < 1.29 is 18.4 Å². The van der Waals surface area contributed by atoms with E-state index in [4.69, 9.17) is 4.52 Å². The first-order valence-corrected chi connectivity index (χ1v) is 6.61. The Bertz CT molecular complexity index is 432. The number of hydrogen-bond donors (Lipinski definition) is 1. The van der Waals surface area contributed by atoms with Crippen molar-refractivity contribution in [3.05, 3.63) is 11.7 Å². The summed E-state index contributed by atoms with van der Waals surface area (Å²) in [5, 5.41) is 13.8. The number of alkyl halides is 2. The highest BCUT2D eigenvalue weighted by Gasteiger charge is 2.39. The lowest BCUT2D eigenvalue weighted by Gasteiger charge is -2.38. The minimum atomic E-state index is -3.11. The lowest BCUT2D eigenvalue weighted by atomic mass is 9.72. The Morgan fingerprint density at radius 3 is 2.42 bits per heavy atom. The monoisotopic (exact) mass is 274 g/mol. The fraction of sp³-hybridized carbons (Fsp3) is 0.846. The molecule has 108 valence electrons. The maximum atomic E-state index is 13.0. The molecule has 1 aliphatic rings. The number of halogens is 2. The van der Waals surface area contributed by atoms with Crippen LogP contribution in [-0.2, 0) is 12.3 Å². The Hall–Kier alpha value is -1.04. The van der Waals surface area contributed by atoms with Crippen LogP contribution in [0.1, 0.15) is 51.7 Å². The van der Waals surface area contributed by atoms with Gasteiger partial charge in [-0.15, -0.1) is 0 Å². The van der Waals surface area contributed by atoms with Crippen LogP contribution < -0.4 is 0 Å². The first-order chi connectivity index (χ1) is 8.68. The topological polar surface area (TPSA) is 59.2 Å². The minimum absolute atomic E-state index is 0.0836. The fourth-order valence-electron chi connectivity index (χ4n) is 3.16. The normalized spacial score (nSPS) is 32.5. The van der Waals surface area contributed by atoms with E-state index in [0.29, 0.717) is 24.7 Å². The highest BCUT2D eigenvalue weighted by atomic mass is 19.3. The molecule has 0 saturated heterocycles. The molecule has 0 radical (unpaired) electrons. The molecule has 1 aliphatic carbocycles. The maximum absolute atomic E-state index is 13.0. The Morgan fingerprint density at radius 1 is 1.37 bits per heavy atom. The van der Waals surface area contributed by atoms with Crippen LogP contribution in [0, 0.1) is 11.8 Å². The van der Waals surface area contributed by atoms with Crippen molar-refractivity contribution >= 4 is 0 Å². The van der Waals surface area contributed by atoms with E-state index in [1.165, 1.54) is 0 Å². The highest BCUT2D eigenvalue weighted by Crippen LogP contribution is 2.38. The summed E-state index contributed by atoms with van der Waals surface area (Å²) < 4.78 is 30.9. The third-order valence-electron chi connectivity index (χ3n) is 3.60. The summed E-state index contributed by atoms with van der Waals surface area (Å²) in [6, 6.07) is 0. The summed E-state index contributed by atoms with van der Waals surface area (Å²) in [7, 11) is 0. The molecule has 0 spiro atoms. The van der Waals surface area contributed by atoms with E-state index in [1.54, 1.807) is 0 Å². The highest BCUT2D eigenvalue weighted by molar-refractivity contribution is 4.99. The summed E-state index contributed by atoms with van der Waals surface area (Å²) in [5.74, 6) is -2.84. The van der Waals surface area contributed by atoms with Gasteiger partial charge >= 0.3 is 5.92 Å². The van der Waals surface area contributed by atoms with Crippen LogP contribution in [0.2, 0.25) is 0 Å². The van der Waals surface area contributed by atoms with Crippen LogP contribution in [0.25, 0.3) is 0 Å². The van der Waals surface area contributed by atoms with Gasteiger partial charge in [0, 0.05) is 6.92 Å². The smallest absolute Gasteiger partial charge is 0.307 e. The molecule has 0 aliphatic heterocycles. The summed E-state index contributed by atoms with van der Waals surface area (Å²) in [6.45, 7) is 4.89. The molecule has 1 saturated carbocycles. The van der Waals surface area contributed by atoms with Crippen LogP contribution in [0.15, 0.2) is 4.52 Å². The molecule has 1 aromatic rings. The summed E-state index contributed by atoms with van der Waals surface area (Å²) in [4.78, 5) is 3.68. The molecule has 2 unspecified atom stereocenters. The number of nitrogens with zero attached hydrogens (tertiary/aromatic N) is 2. The van der Waals surface area contributed by atoms with Crippen molar-refractivity contribution in [3.63, 3.8) is 0 Å². The van der Waals surface area contributed by atoms with Gasteiger partial charge in [0.2, 0.25) is 11.7 Å². The van der Waals surface area contributed by atoms with E-state index in [0.717, 1.165) is 13.3 Å². The van der Waals surface area contributed by atoms with Crippen LogP contribution >= 0.6 is 0 Å². The Balaban J connectivity index is 2.10. The Kier molecular flexibility index (Phi) is 3.64. The van der Waals surface area contributed by atoms with Gasteiger partial charge in [0.05, 0.1) is 12.0 Å². The van der Waals surface area contributed by atoms with Gasteiger partial charge in [-0.1, -0.05) is 19.0 Å². The van der Waals surface area contributed by atoms with E-state index < -0.39 is 17.3 Å². The summed E-state index contributed by atoms with van der Waals surface area (Å²) >= 11 is 0. The predicted octanol–water partition coefficient (Wildman–Crippen LogP) is 2.91. The van der Waals surface area contributed by atoms with Crippen molar-refractivity contribution in [1.29, 1.82) is 0 Å². The van der Waals surface area contributed by atoms with E-state index in [9.17, 15) is 13.9 Å². The number of hydrogen-bond acceptors (Lipinski definition) is 4. The molecular formula is C13H20F2N2O2. The SMILES string of the molecule is CC1CC(C)CC(O)(Cc2nc(C(C)(F)F)no2)C1. The zero-order valence-electron chi connectivity index (χ0n) is 11.5. The maximum Gasteiger partial charge on any atom is 0.307 e. The molecule has 1 N–H and O–H groups in total. The number of aliphatic hydroxyl groups is 1. The van der Waals surface area contributed by atoms with Gasteiger partial charge in [0.25, 0.3) is 0 Å². The second kappa shape index (κ2) is 4.81. The molecule has 0 bridgehead atoms. The average molecular weight is 274 g/mol. The molecule has 4 nitrogen and oxygen atoms in total. The van der Waals surface area contributed by atoms with Gasteiger partial charge in [-0.25, -0.2) is 0 Å². The fourth-order valence-corrected chi connectivity index (χ4v) is 3.16. The largest absolute Gasteiger partial charge is 0.389 e. The standard InChI is InChI=1S/C13H20F2N2O2/c1-8-4-9(2)6-13(18,5-8)7-10-16-11(17-19-10)12(3,14)15/h8-9,18H,4-7H2,1-3H3. The van der Waals surface area contributed by atoms with Gasteiger partial charge in [-0.3, -0.25) is 0 Å². The van der Waals surface area contributed by atoms with Crippen LogP contribution in [0.3, 0.4) is 0 Å². The molecule has 2 atom stereocenters. The van der Waals surface area contributed by atoms with Crippen molar-refractivity contribution in [2.24, 2.45) is 11.8 Å². The van der Waals surface area contributed by atoms with Gasteiger partial charge in [0.15, 0.2) is 0 Å². The predicted molar refractivity (Wildman–Crippen MR) is 64.7 cm³/mol. The second-order valence-corrected chi connectivity index (χ2v) is 6.16. The van der Waals surface area contributed by atoms with E-state index in [2.05, 4.69) is 24.0 Å². The first kappa shape index (κ1) is 14.4. The van der Waals surface area contributed by atoms with E-state index in [-0.39, 0.29) is 12.3 Å². The molecule has 1 fully saturated rings. The molecule has 0 amide bonds. The van der Waals surface area contributed by atoms with Crippen LogP contribution in [-0.4, -0.2) is 20.8 Å². The minimum Gasteiger partial charge on any atom is -0.389 e. The zero-order chi connectivity index (χ0) is 14.3. The molecule has 0 aromatic carbocycles. The van der Waals surface area contributed by atoms with Crippen LogP contribution in [0.5, 0.6) is 0 Å². The van der Waals surface area contributed by atoms with Gasteiger partial charge < -0.3 is 9.63 Å². The molecule has 1 aromatic heterocycles.